The van der Waals surface area contributed by atoms with Crippen molar-refractivity contribution < 1.29 is 13.6 Å². The highest BCUT2D eigenvalue weighted by atomic mass is 28.4. The van der Waals surface area contributed by atoms with Crippen LogP contribution in [0.2, 0.25) is 36.3 Å². The number of aromatic amines is 1. The average molecular weight is 512 g/mol. The van der Waals surface area contributed by atoms with Crippen molar-refractivity contribution in [2.45, 2.75) is 116 Å². The summed E-state index contributed by atoms with van der Waals surface area (Å²) in [6.45, 7) is 22.9. The highest BCUT2D eigenvalue weighted by Gasteiger charge is 2.50. The molecule has 10 nitrogen and oxygen atoms in total. The van der Waals surface area contributed by atoms with Gasteiger partial charge in [0.05, 0.1) is 6.10 Å². The number of nitrogens with one attached hydrogen (secondary N) is 1. The van der Waals surface area contributed by atoms with E-state index in [9.17, 15) is 15.1 Å². The van der Waals surface area contributed by atoms with E-state index in [2.05, 4.69) is 82.7 Å². The maximum atomic E-state index is 12.6. The standard InChI is InChI=1S/C22H41N5O5Si2/c1-14-13-27(20(29)24-18(14)28)16-12-15(31-33(8,9)21(2,3)4)17(30-16)19(25-26-23)32-34(10,11)22(5,6)7/h13,15-17,19H,12H2,1-11H3,(H,24,28,29)/t15-,16+,17-,19?/m0/s1. The van der Waals surface area contributed by atoms with E-state index in [4.69, 9.17) is 13.6 Å². The van der Waals surface area contributed by atoms with Crippen LogP contribution in [0.1, 0.15) is 59.8 Å². The molecule has 1 N–H and O–H groups in total. The molecular formula is C22H41N5O5Si2. The number of aryl methyl sites for hydroxylation is 1. The minimum absolute atomic E-state index is 0.0602. The summed E-state index contributed by atoms with van der Waals surface area (Å²) in [6, 6.07) is 0. The van der Waals surface area contributed by atoms with E-state index < -0.39 is 52.5 Å². The molecule has 1 aromatic rings. The predicted octanol–water partition coefficient (Wildman–Crippen LogP) is 5.18. The van der Waals surface area contributed by atoms with Crippen molar-refractivity contribution in [3.63, 3.8) is 0 Å². The average Bonchev–Trinajstić information content (AvgIpc) is 3.05. The quantitative estimate of drug-likeness (QED) is 0.233. The van der Waals surface area contributed by atoms with Crippen molar-refractivity contribution in [2.24, 2.45) is 5.11 Å². The Labute approximate surface area is 203 Å². The fourth-order valence-electron chi connectivity index (χ4n) is 3.24. The van der Waals surface area contributed by atoms with Gasteiger partial charge in [0.15, 0.2) is 22.9 Å². The predicted molar refractivity (Wildman–Crippen MR) is 138 cm³/mol. The lowest BCUT2D eigenvalue weighted by Crippen LogP contribution is -2.51. The zero-order valence-corrected chi connectivity index (χ0v) is 24.4. The van der Waals surface area contributed by atoms with Crippen LogP contribution in [0, 0.1) is 6.92 Å². The molecule has 1 unspecified atom stereocenters. The molecule has 1 fully saturated rings. The van der Waals surface area contributed by atoms with Crippen LogP contribution in [-0.4, -0.2) is 44.6 Å². The fraction of sp³-hybridized carbons (Fsp3) is 0.818. The Morgan fingerprint density at radius 1 is 1.15 bits per heavy atom. The minimum Gasteiger partial charge on any atom is -0.411 e. The van der Waals surface area contributed by atoms with E-state index in [1.54, 1.807) is 6.92 Å². The molecule has 0 aromatic carbocycles. The van der Waals surface area contributed by atoms with Crippen molar-refractivity contribution >= 4 is 16.6 Å². The summed E-state index contributed by atoms with van der Waals surface area (Å²) in [7, 11) is -4.58. The lowest BCUT2D eigenvalue weighted by Gasteiger charge is -2.42. The highest BCUT2D eigenvalue weighted by Crippen LogP contribution is 2.44. The Kier molecular flexibility index (Phi) is 8.18. The number of rotatable bonds is 7. The van der Waals surface area contributed by atoms with Crippen molar-refractivity contribution in [3.8, 4) is 0 Å². The number of nitrogens with zero attached hydrogens (tertiary/aromatic N) is 4. The van der Waals surface area contributed by atoms with Gasteiger partial charge in [-0.15, -0.1) is 0 Å². The molecular weight excluding hydrogens is 470 g/mol. The normalized spacial score (nSPS) is 23.0. The van der Waals surface area contributed by atoms with Gasteiger partial charge in [-0.25, -0.2) is 4.79 Å². The van der Waals surface area contributed by atoms with Gasteiger partial charge >= 0.3 is 5.69 Å². The second-order valence-corrected chi connectivity index (χ2v) is 21.7. The highest BCUT2D eigenvalue weighted by molar-refractivity contribution is 6.74. The van der Waals surface area contributed by atoms with Crippen LogP contribution in [-0.2, 0) is 13.6 Å². The number of ether oxygens (including phenoxy) is 1. The molecule has 4 atom stereocenters. The molecule has 1 saturated heterocycles. The molecule has 0 radical (unpaired) electrons. The molecule has 0 bridgehead atoms. The van der Waals surface area contributed by atoms with Gasteiger partial charge in [-0.2, -0.15) is 0 Å². The summed E-state index contributed by atoms with van der Waals surface area (Å²) in [5.41, 5.74) is 8.76. The van der Waals surface area contributed by atoms with Crippen LogP contribution in [0.5, 0.6) is 0 Å². The smallest absolute Gasteiger partial charge is 0.330 e. The first-order valence-corrected chi connectivity index (χ1v) is 17.5. The SMILES string of the molecule is Cc1cn([C@H]2C[C@H](O[Si](C)(C)C(C)(C)C)[C@@H](C(N=[N+]=[N-])O[Si](C)(C)C(C)(C)C)O2)c(=O)[nH]c1=O. The van der Waals surface area contributed by atoms with E-state index in [1.165, 1.54) is 10.8 Å². The van der Waals surface area contributed by atoms with E-state index in [-0.39, 0.29) is 10.1 Å². The number of hydrogen-bond donors (Lipinski definition) is 1. The van der Waals surface area contributed by atoms with Crippen molar-refractivity contribution in [1.82, 2.24) is 9.55 Å². The Hall–Kier alpha value is -1.70. The molecule has 1 aliphatic rings. The van der Waals surface area contributed by atoms with Crippen LogP contribution in [0.4, 0.5) is 0 Å². The van der Waals surface area contributed by atoms with Crippen LogP contribution in [0.25, 0.3) is 10.4 Å². The second kappa shape index (κ2) is 9.75. The maximum absolute atomic E-state index is 12.6. The Balaban J connectivity index is 2.53. The first kappa shape index (κ1) is 28.5. The van der Waals surface area contributed by atoms with Gasteiger partial charge in [0.2, 0.25) is 0 Å². The summed E-state index contributed by atoms with van der Waals surface area (Å²) in [4.78, 5) is 29.8. The molecule has 0 saturated carbocycles. The third-order valence-electron chi connectivity index (χ3n) is 7.49. The number of azide groups is 1. The fourth-order valence-corrected chi connectivity index (χ4v) is 5.72. The Morgan fingerprint density at radius 3 is 2.21 bits per heavy atom. The molecule has 12 heteroatoms. The van der Waals surface area contributed by atoms with Gasteiger partial charge in [0.25, 0.3) is 5.56 Å². The zero-order valence-electron chi connectivity index (χ0n) is 22.4. The molecule has 1 aromatic heterocycles. The molecule has 34 heavy (non-hydrogen) atoms. The van der Waals surface area contributed by atoms with Crippen molar-refractivity contribution in [3.05, 3.63) is 43.0 Å². The Morgan fingerprint density at radius 2 is 1.71 bits per heavy atom. The number of aromatic nitrogens is 2. The first-order chi connectivity index (χ1) is 15.3. The molecule has 192 valence electrons. The maximum Gasteiger partial charge on any atom is 0.330 e. The molecule has 0 spiro atoms. The zero-order chi connectivity index (χ0) is 26.3. The molecule has 2 heterocycles. The Bertz CT molecular complexity index is 1050. The lowest BCUT2D eigenvalue weighted by atomic mass is 10.1. The largest absolute Gasteiger partial charge is 0.411 e. The van der Waals surface area contributed by atoms with Crippen LogP contribution in [0.15, 0.2) is 20.9 Å². The van der Waals surface area contributed by atoms with Gasteiger partial charge < -0.3 is 13.6 Å². The van der Waals surface area contributed by atoms with Gasteiger partial charge in [-0.05, 0) is 48.7 Å². The van der Waals surface area contributed by atoms with Gasteiger partial charge in [-0.3, -0.25) is 14.3 Å². The lowest BCUT2D eigenvalue weighted by molar-refractivity contribution is -0.0742. The third-order valence-corrected chi connectivity index (χ3v) is 16.4. The molecule has 2 rings (SSSR count). The molecule has 0 aliphatic carbocycles. The number of H-pyrrole nitrogens is 1. The van der Waals surface area contributed by atoms with Crippen LogP contribution in [0.3, 0.4) is 0 Å². The number of hydrogen-bond acceptors (Lipinski definition) is 6. The first-order valence-electron chi connectivity index (χ1n) is 11.7. The van der Waals surface area contributed by atoms with Crippen LogP contribution >= 0.6 is 0 Å². The van der Waals surface area contributed by atoms with Crippen LogP contribution < -0.4 is 11.2 Å². The van der Waals surface area contributed by atoms with E-state index in [0.717, 1.165) is 0 Å². The minimum atomic E-state index is -2.33. The van der Waals surface area contributed by atoms with Crippen molar-refractivity contribution in [1.29, 1.82) is 0 Å². The summed E-state index contributed by atoms with van der Waals surface area (Å²) in [5.74, 6) is 0. The van der Waals surface area contributed by atoms with E-state index in [0.29, 0.717) is 12.0 Å². The van der Waals surface area contributed by atoms with Gasteiger partial charge in [0, 0.05) is 23.1 Å². The molecule has 0 amide bonds. The summed E-state index contributed by atoms with van der Waals surface area (Å²) in [6.07, 6.45) is -0.906. The monoisotopic (exact) mass is 511 g/mol. The topological polar surface area (TPSA) is 131 Å². The second-order valence-electron chi connectivity index (χ2n) is 12.2. The molecule has 1 aliphatic heterocycles. The summed E-state index contributed by atoms with van der Waals surface area (Å²) < 4.78 is 20.9. The third kappa shape index (κ3) is 6.10. The summed E-state index contributed by atoms with van der Waals surface area (Å²) >= 11 is 0. The van der Waals surface area contributed by atoms with Crippen molar-refractivity contribution in [2.75, 3.05) is 0 Å². The summed E-state index contributed by atoms with van der Waals surface area (Å²) in [5, 5.41) is 3.81. The van der Waals surface area contributed by atoms with E-state index >= 15 is 0 Å². The van der Waals surface area contributed by atoms with Gasteiger partial charge in [0.1, 0.15) is 12.3 Å². The van der Waals surface area contributed by atoms with E-state index in [1.807, 2.05) is 0 Å². The van der Waals surface area contributed by atoms with Gasteiger partial charge in [-0.1, -0.05) is 46.7 Å².